The summed E-state index contributed by atoms with van der Waals surface area (Å²) in [6.07, 6.45) is 4.40. The average molecular weight is 491 g/mol. The van der Waals surface area contributed by atoms with Gasteiger partial charge in [0.25, 0.3) is 0 Å². The molecule has 1 aromatic carbocycles. The molecular formula is C27H30N4O5. The first-order chi connectivity index (χ1) is 17.2. The van der Waals surface area contributed by atoms with E-state index in [4.69, 9.17) is 0 Å². The fraction of sp³-hybridized carbons (Fsp3) is 0.333. The number of amides is 4. The van der Waals surface area contributed by atoms with Crippen molar-refractivity contribution >= 4 is 35.5 Å². The third-order valence-electron chi connectivity index (χ3n) is 6.04. The van der Waals surface area contributed by atoms with Crippen molar-refractivity contribution in [2.24, 2.45) is 17.8 Å². The van der Waals surface area contributed by atoms with E-state index in [-0.39, 0.29) is 12.3 Å². The number of hydrogen-bond donors (Lipinski definition) is 3. The Morgan fingerprint density at radius 3 is 2.28 bits per heavy atom. The summed E-state index contributed by atoms with van der Waals surface area (Å²) in [6.45, 7) is 5.02. The molecule has 0 saturated carbocycles. The van der Waals surface area contributed by atoms with Crippen LogP contribution in [0.3, 0.4) is 0 Å². The fourth-order valence-electron chi connectivity index (χ4n) is 4.04. The van der Waals surface area contributed by atoms with Gasteiger partial charge in [-0.15, -0.1) is 0 Å². The normalized spacial score (nSPS) is 19.1. The number of Topliss-reactive ketones (excluding diaryl/α,β-unsaturated/α-hetero) is 1. The van der Waals surface area contributed by atoms with E-state index in [1.165, 1.54) is 13.0 Å². The van der Waals surface area contributed by atoms with Gasteiger partial charge in [-0.25, -0.2) is 0 Å². The molecule has 0 bridgehead atoms. The Balaban J connectivity index is 1.72. The highest BCUT2D eigenvalue weighted by molar-refractivity contribution is 6.16. The largest absolute Gasteiger partial charge is 0.346 e. The lowest BCUT2D eigenvalue weighted by Crippen LogP contribution is -2.49. The van der Waals surface area contributed by atoms with Crippen LogP contribution >= 0.6 is 0 Å². The Morgan fingerprint density at radius 2 is 1.69 bits per heavy atom. The zero-order valence-corrected chi connectivity index (χ0v) is 20.4. The fourth-order valence-corrected chi connectivity index (χ4v) is 4.04. The molecule has 4 amide bonds. The van der Waals surface area contributed by atoms with Gasteiger partial charge in [0.15, 0.2) is 5.78 Å². The molecule has 0 spiro atoms. The van der Waals surface area contributed by atoms with Crippen LogP contribution in [0.5, 0.6) is 0 Å². The van der Waals surface area contributed by atoms with E-state index < -0.39 is 53.3 Å². The van der Waals surface area contributed by atoms with E-state index in [1.807, 2.05) is 6.07 Å². The summed E-state index contributed by atoms with van der Waals surface area (Å²) < 4.78 is 0. The van der Waals surface area contributed by atoms with Gasteiger partial charge in [0.2, 0.25) is 23.6 Å². The van der Waals surface area contributed by atoms with Crippen molar-refractivity contribution < 1.29 is 24.0 Å². The lowest BCUT2D eigenvalue weighted by Gasteiger charge is -2.25. The molecule has 0 aliphatic carbocycles. The molecule has 0 radical (unpaired) electrons. The van der Waals surface area contributed by atoms with Crippen molar-refractivity contribution in [3.63, 3.8) is 0 Å². The van der Waals surface area contributed by atoms with Gasteiger partial charge in [-0.3, -0.25) is 34.3 Å². The molecule has 2 heterocycles. The van der Waals surface area contributed by atoms with E-state index in [2.05, 4.69) is 20.9 Å². The highest BCUT2D eigenvalue weighted by Crippen LogP contribution is 2.24. The molecular weight excluding hydrogens is 460 g/mol. The summed E-state index contributed by atoms with van der Waals surface area (Å²) in [5, 5.41) is 7.73. The summed E-state index contributed by atoms with van der Waals surface area (Å²) in [4.78, 5) is 66.9. The number of carbonyl (C=O) groups is 5. The Kier molecular flexibility index (Phi) is 8.83. The van der Waals surface area contributed by atoms with Crippen molar-refractivity contribution in [2.45, 2.75) is 39.3 Å². The Morgan fingerprint density at radius 1 is 1.00 bits per heavy atom. The summed E-state index contributed by atoms with van der Waals surface area (Å²) in [7, 11) is 0. The third kappa shape index (κ3) is 6.71. The van der Waals surface area contributed by atoms with Crippen LogP contribution in [0.25, 0.3) is 6.08 Å². The standard InChI is InChI=1S/C27H30N4O5/c1-16(2)24(25(34)23-17(3)26(35)31-27(23)36)30-22(33)15-20(18-9-5-4-6-10-18)29-21(32)13-12-19-11-7-8-14-28-19/h4-14,16-17,20,23-24H,15H2,1-3H3,(H,29,32)(H,30,33)(H,31,35,36)/b13-12+/t17-,20+,23+,24+/m0/s1. The number of nitrogens with one attached hydrogen (secondary N) is 3. The minimum absolute atomic E-state index is 0.130. The van der Waals surface area contributed by atoms with E-state index in [0.717, 1.165) is 0 Å². The van der Waals surface area contributed by atoms with Crippen molar-refractivity contribution in [1.29, 1.82) is 0 Å². The molecule has 1 aliphatic heterocycles. The van der Waals surface area contributed by atoms with Crippen LogP contribution in [0.1, 0.15) is 44.5 Å². The number of hydrogen-bond acceptors (Lipinski definition) is 6. The number of carbonyl (C=O) groups excluding carboxylic acids is 5. The lowest BCUT2D eigenvalue weighted by molar-refractivity contribution is -0.137. The molecule has 3 rings (SSSR count). The molecule has 4 atom stereocenters. The number of aromatic nitrogens is 1. The average Bonchev–Trinajstić information content (AvgIpc) is 3.12. The van der Waals surface area contributed by atoms with Crippen LogP contribution in [-0.4, -0.2) is 40.4 Å². The number of pyridine rings is 1. The molecule has 9 nitrogen and oxygen atoms in total. The molecule has 1 aliphatic rings. The molecule has 1 aromatic heterocycles. The maximum absolute atomic E-state index is 13.1. The van der Waals surface area contributed by atoms with Crippen molar-refractivity contribution in [1.82, 2.24) is 20.9 Å². The van der Waals surface area contributed by atoms with Crippen LogP contribution in [0, 0.1) is 17.8 Å². The van der Waals surface area contributed by atoms with E-state index in [1.54, 1.807) is 68.6 Å². The molecule has 1 saturated heterocycles. The first-order valence-corrected chi connectivity index (χ1v) is 11.8. The van der Waals surface area contributed by atoms with Gasteiger partial charge in [-0.2, -0.15) is 0 Å². The number of ketones is 1. The molecule has 188 valence electrons. The smallest absolute Gasteiger partial charge is 0.244 e. The number of nitrogens with zero attached hydrogens (tertiary/aromatic N) is 1. The van der Waals surface area contributed by atoms with Crippen LogP contribution in [-0.2, 0) is 24.0 Å². The van der Waals surface area contributed by atoms with Crippen LogP contribution in [0.4, 0.5) is 0 Å². The number of imide groups is 1. The van der Waals surface area contributed by atoms with Gasteiger partial charge in [0.1, 0.15) is 5.92 Å². The van der Waals surface area contributed by atoms with Crippen LogP contribution in [0.2, 0.25) is 0 Å². The molecule has 2 aromatic rings. The summed E-state index contributed by atoms with van der Waals surface area (Å²) >= 11 is 0. The SMILES string of the molecule is CC(C)[C@@H](NC(=O)C[C@@H](NC(=O)/C=C/c1ccccn1)c1ccccc1)C(=O)[C@@H]1C(=O)NC(=O)[C@H]1C. The second-order valence-corrected chi connectivity index (χ2v) is 9.08. The molecule has 0 unspecified atom stereocenters. The maximum atomic E-state index is 13.1. The Bertz CT molecular complexity index is 1150. The highest BCUT2D eigenvalue weighted by atomic mass is 16.2. The monoisotopic (exact) mass is 490 g/mol. The summed E-state index contributed by atoms with van der Waals surface area (Å²) in [6, 6.07) is 12.7. The van der Waals surface area contributed by atoms with Gasteiger partial charge >= 0.3 is 0 Å². The molecule has 36 heavy (non-hydrogen) atoms. The molecule has 1 fully saturated rings. The van der Waals surface area contributed by atoms with Gasteiger partial charge in [0.05, 0.1) is 30.1 Å². The van der Waals surface area contributed by atoms with Crippen LogP contribution in [0.15, 0.2) is 60.8 Å². The highest BCUT2D eigenvalue weighted by Gasteiger charge is 2.46. The molecule has 3 N–H and O–H groups in total. The lowest BCUT2D eigenvalue weighted by atomic mass is 9.85. The van der Waals surface area contributed by atoms with Crippen molar-refractivity contribution in [2.75, 3.05) is 0 Å². The van der Waals surface area contributed by atoms with Gasteiger partial charge < -0.3 is 10.6 Å². The maximum Gasteiger partial charge on any atom is 0.244 e. The van der Waals surface area contributed by atoms with E-state index >= 15 is 0 Å². The number of benzene rings is 1. The number of rotatable bonds is 10. The summed E-state index contributed by atoms with van der Waals surface area (Å²) in [5.41, 5.74) is 1.33. The quantitative estimate of drug-likeness (QED) is 0.265. The van der Waals surface area contributed by atoms with Crippen molar-refractivity contribution in [3.8, 4) is 0 Å². The minimum atomic E-state index is -1.15. The predicted octanol–water partition coefficient (Wildman–Crippen LogP) is 1.96. The van der Waals surface area contributed by atoms with Crippen molar-refractivity contribution in [3.05, 3.63) is 72.1 Å². The minimum Gasteiger partial charge on any atom is -0.346 e. The van der Waals surface area contributed by atoms with Gasteiger partial charge in [0, 0.05) is 12.3 Å². The van der Waals surface area contributed by atoms with E-state index in [9.17, 15) is 24.0 Å². The van der Waals surface area contributed by atoms with Crippen LogP contribution < -0.4 is 16.0 Å². The first kappa shape index (κ1) is 26.5. The topological polar surface area (TPSA) is 134 Å². The first-order valence-electron chi connectivity index (χ1n) is 11.8. The zero-order chi connectivity index (χ0) is 26.2. The van der Waals surface area contributed by atoms with E-state index in [0.29, 0.717) is 11.3 Å². The predicted molar refractivity (Wildman–Crippen MR) is 133 cm³/mol. The van der Waals surface area contributed by atoms with Gasteiger partial charge in [-0.05, 0) is 29.7 Å². The molecule has 9 heteroatoms. The summed E-state index contributed by atoms with van der Waals surface area (Å²) in [5.74, 6) is -4.80. The Hall–Kier alpha value is -4.14. The zero-order valence-electron chi connectivity index (χ0n) is 20.4. The second kappa shape index (κ2) is 12.0. The van der Waals surface area contributed by atoms with Gasteiger partial charge in [-0.1, -0.05) is 57.2 Å². The third-order valence-corrected chi connectivity index (χ3v) is 6.04. The Labute approximate surface area is 209 Å². The second-order valence-electron chi connectivity index (χ2n) is 9.08.